The molecule has 0 radical (unpaired) electrons. The van der Waals surface area contributed by atoms with Crippen molar-refractivity contribution >= 4 is 39.1 Å². The maximum absolute atomic E-state index is 12.8. The van der Waals surface area contributed by atoms with Crippen LogP contribution in [0.2, 0.25) is 5.02 Å². The van der Waals surface area contributed by atoms with Gasteiger partial charge in [-0.2, -0.15) is 0 Å². The fourth-order valence-corrected chi connectivity index (χ4v) is 4.64. The number of likely N-dealkylation sites (tertiary alicyclic amines) is 1. The van der Waals surface area contributed by atoms with Crippen LogP contribution < -0.4 is 10.0 Å². The second kappa shape index (κ2) is 8.41. The Balaban J connectivity index is 1.82. The third-order valence-corrected chi connectivity index (χ3v) is 6.23. The van der Waals surface area contributed by atoms with E-state index < -0.39 is 21.5 Å². The van der Waals surface area contributed by atoms with E-state index in [9.17, 15) is 18.0 Å². The molecule has 1 aliphatic heterocycles. The van der Waals surface area contributed by atoms with Gasteiger partial charge in [-0.1, -0.05) is 11.6 Å². The first kappa shape index (κ1) is 22.3. The fraction of sp³-hybridized carbons (Fsp3) is 0.400. The van der Waals surface area contributed by atoms with Gasteiger partial charge in [0, 0.05) is 23.7 Å². The van der Waals surface area contributed by atoms with Gasteiger partial charge in [-0.25, -0.2) is 13.1 Å². The molecule has 0 aliphatic carbocycles. The zero-order valence-electron chi connectivity index (χ0n) is 17.0. The summed E-state index contributed by atoms with van der Waals surface area (Å²) in [4.78, 5) is 27.2. The predicted molar refractivity (Wildman–Crippen MR) is 113 cm³/mol. The summed E-state index contributed by atoms with van der Waals surface area (Å²) >= 11 is 6.05. The number of hydrogen-bond acceptors (Lipinski definition) is 5. The van der Waals surface area contributed by atoms with Crippen LogP contribution in [0.4, 0.5) is 5.69 Å². The van der Waals surface area contributed by atoms with E-state index in [1.54, 1.807) is 31.7 Å². The highest BCUT2D eigenvalue weighted by Crippen LogP contribution is 2.25. The van der Waals surface area contributed by atoms with E-state index in [2.05, 4.69) is 10.0 Å². The summed E-state index contributed by atoms with van der Waals surface area (Å²) < 4.78 is 32.5. The first-order valence-corrected chi connectivity index (χ1v) is 11.4. The van der Waals surface area contributed by atoms with Crippen molar-refractivity contribution in [1.82, 2.24) is 9.62 Å². The Bertz CT molecular complexity index is 1070. The molecule has 8 nitrogen and oxygen atoms in total. The molecule has 2 N–H and O–H groups in total. The number of nitrogens with zero attached hydrogens (tertiary/aromatic N) is 1. The number of amides is 2. The highest BCUT2D eigenvalue weighted by molar-refractivity contribution is 7.89. The second-order valence-electron chi connectivity index (χ2n) is 8.12. The largest absolute Gasteiger partial charge is 0.438 e. The van der Waals surface area contributed by atoms with Crippen LogP contribution in [0.15, 0.2) is 39.8 Å². The maximum Gasteiger partial charge on any atom is 0.291 e. The molecule has 30 heavy (non-hydrogen) atoms. The van der Waals surface area contributed by atoms with Crippen molar-refractivity contribution in [3.05, 3.63) is 46.7 Å². The van der Waals surface area contributed by atoms with Crippen molar-refractivity contribution < 1.29 is 22.4 Å². The predicted octanol–water partition coefficient (Wildman–Crippen LogP) is 3.50. The Kier molecular flexibility index (Phi) is 6.26. The van der Waals surface area contributed by atoms with Crippen LogP contribution in [0.1, 0.15) is 54.5 Å². The average Bonchev–Trinajstić information content (AvgIpc) is 3.33. The van der Waals surface area contributed by atoms with E-state index in [1.165, 1.54) is 24.3 Å². The Labute approximate surface area is 180 Å². The van der Waals surface area contributed by atoms with Crippen LogP contribution in [0.5, 0.6) is 0 Å². The first-order chi connectivity index (χ1) is 14.0. The lowest BCUT2D eigenvalue weighted by Crippen LogP contribution is -2.40. The molecule has 162 valence electrons. The lowest BCUT2D eigenvalue weighted by atomic mass is 10.1. The number of benzene rings is 1. The summed E-state index contributed by atoms with van der Waals surface area (Å²) in [6.45, 7) is 6.39. The van der Waals surface area contributed by atoms with Gasteiger partial charge in [0.2, 0.25) is 5.09 Å². The Morgan fingerprint density at radius 3 is 2.40 bits per heavy atom. The minimum Gasteiger partial charge on any atom is -0.438 e. The molecule has 1 saturated heterocycles. The van der Waals surface area contributed by atoms with Crippen LogP contribution >= 0.6 is 11.6 Å². The van der Waals surface area contributed by atoms with Crippen molar-refractivity contribution in [3.63, 3.8) is 0 Å². The fourth-order valence-electron chi connectivity index (χ4n) is 3.12. The summed E-state index contributed by atoms with van der Waals surface area (Å²) in [5.41, 5.74) is -0.163. The average molecular weight is 454 g/mol. The summed E-state index contributed by atoms with van der Waals surface area (Å²) in [6, 6.07) is 7.07. The number of hydrogen-bond donors (Lipinski definition) is 2. The molecule has 1 fully saturated rings. The molecule has 0 saturated carbocycles. The van der Waals surface area contributed by atoms with Crippen molar-refractivity contribution in [2.75, 3.05) is 18.4 Å². The number of carbonyl (C=O) groups is 2. The summed E-state index contributed by atoms with van der Waals surface area (Å²) in [7, 11) is -3.92. The van der Waals surface area contributed by atoms with Gasteiger partial charge in [-0.15, -0.1) is 0 Å². The number of sulfonamides is 1. The van der Waals surface area contributed by atoms with Gasteiger partial charge in [0.15, 0.2) is 5.76 Å². The minimum absolute atomic E-state index is 0.196. The molecule has 1 aliphatic rings. The Morgan fingerprint density at radius 1 is 1.10 bits per heavy atom. The van der Waals surface area contributed by atoms with Crippen molar-refractivity contribution in [3.8, 4) is 0 Å². The van der Waals surface area contributed by atoms with Crippen LogP contribution in [0.3, 0.4) is 0 Å². The lowest BCUT2D eigenvalue weighted by molar-refractivity contribution is 0.0794. The van der Waals surface area contributed by atoms with E-state index in [1.807, 2.05) is 0 Å². The van der Waals surface area contributed by atoms with Gasteiger partial charge in [-0.05, 0) is 63.9 Å². The van der Waals surface area contributed by atoms with Gasteiger partial charge in [0.25, 0.3) is 21.8 Å². The maximum atomic E-state index is 12.8. The molecule has 2 aromatic rings. The van der Waals surface area contributed by atoms with Gasteiger partial charge in [0.1, 0.15) is 0 Å². The van der Waals surface area contributed by atoms with Crippen molar-refractivity contribution in [1.29, 1.82) is 0 Å². The highest BCUT2D eigenvalue weighted by Gasteiger charge is 2.27. The smallest absolute Gasteiger partial charge is 0.291 e. The van der Waals surface area contributed by atoms with Gasteiger partial charge in [0.05, 0.1) is 11.3 Å². The highest BCUT2D eigenvalue weighted by atomic mass is 35.5. The Hall–Kier alpha value is -2.36. The van der Waals surface area contributed by atoms with Crippen LogP contribution in [0, 0.1) is 0 Å². The number of carbonyl (C=O) groups excluding carboxylic acids is 2. The number of anilines is 1. The third kappa shape index (κ3) is 5.21. The van der Waals surface area contributed by atoms with E-state index in [-0.39, 0.29) is 28.0 Å². The molecule has 2 amide bonds. The SMILES string of the molecule is CC(C)(C)NS(=O)(=O)c1ccc(C(=O)Nc2ccc(Cl)cc2C(=O)N2CCCC2)o1. The van der Waals surface area contributed by atoms with Gasteiger partial charge < -0.3 is 14.6 Å². The van der Waals surface area contributed by atoms with Crippen LogP contribution in [-0.2, 0) is 10.0 Å². The molecule has 3 rings (SSSR count). The molecule has 1 aromatic heterocycles. The minimum atomic E-state index is -3.92. The first-order valence-electron chi connectivity index (χ1n) is 9.50. The molecular weight excluding hydrogens is 430 g/mol. The summed E-state index contributed by atoms with van der Waals surface area (Å²) in [6.07, 6.45) is 1.86. The number of nitrogens with one attached hydrogen (secondary N) is 2. The second-order valence-corrected chi connectivity index (χ2v) is 10.2. The van der Waals surface area contributed by atoms with Gasteiger partial charge in [-0.3, -0.25) is 9.59 Å². The van der Waals surface area contributed by atoms with Gasteiger partial charge >= 0.3 is 0 Å². The topological polar surface area (TPSA) is 109 Å². The molecule has 2 heterocycles. The zero-order valence-corrected chi connectivity index (χ0v) is 18.6. The normalized spacial score (nSPS) is 14.7. The van der Waals surface area contributed by atoms with E-state index >= 15 is 0 Å². The van der Waals surface area contributed by atoms with Crippen LogP contribution in [-0.4, -0.2) is 43.8 Å². The molecule has 0 unspecified atom stereocenters. The standard InChI is InChI=1S/C20H24ClN3O5S/c1-20(2,3)23-30(27,28)17-9-8-16(29-17)18(25)22-15-7-6-13(21)12-14(15)19(26)24-10-4-5-11-24/h6-9,12,23H,4-5,10-11H2,1-3H3,(H,22,25). The lowest BCUT2D eigenvalue weighted by Gasteiger charge is -2.19. The molecule has 10 heteroatoms. The molecule has 1 aromatic carbocycles. The summed E-state index contributed by atoms with van der Waals surface area (Å²) in [5, 5.41) is 2.62. The number of halogens is 1. The van der Waals surface area contributed by atoms with Crippen LogP contribution in [0.25, 0.3) is 0 Å². The molecule has 0 atom stereocenters. The molecule has 0 bridgehead atoms. The van der Waals surface area contributed by atoms with E-state index in [0.29, 0.717) is 18.1 Å². The van der Waals surface area contributed by atoms with Crippen molar-refractivity contribution in [2.24, 2.45) is 0 Å². The summed E-state index contributed by atoms with van der Waals surface area (Å²) in [5.74, 6) is -1.09. The van der Waals surface area contributed by atoms with Crippen molar-refractivity contribution in [2.45, 2.75) is 44.2 Å². The van der Waals surface area contributed by atoms with E-state index in [4.69, 9.17) is 16.0 Å². The number of rotatable bonds is 5. The monoisotopic (exact) mass is 453 g/mol. The quantitative estimate of drug-likeness (QED) is 0.720. The third-order valence-electron chi connectivity index (χ3n) is 4.36. The molecule has 0 spiro atoms. The zero-order chi connectivity index (χ0) is 22.1. The Morgan fingerprint density at radius 2 is 1.77 bits per heavy atom. The molecular formula is C20H24ClN3O5S. The van der Waals surface area contributed by atoms with E-state index in [0.717, 1.165) is 12.8 Å². The number of furan rings is 1.